The van der Waals surface area contributed by atoms with Gasteiger partial charge in [0.1, 0.15) is 0 Å². The molecule has 3 heterocycles. The summed E-state index contributed by atoms with van der Waals surface area (Å²) in [6.07, 6.45) is 4.29. The van der Waals surface area contributed by atoms with Gasteiger partial charge < -0.3 is 14.5 Å². The molecular weight excluding hydrogens is 328 g/mol. The Bertz CT molecular complexity index is 817. The fourth-order valence-electron chi connectivity index (χ4n) is 3.33. The summed E-state index contributed by atoms with van der Waals surface area (Å²) in [4.78, 5) is 3.39. The fourth-order valence-corrected chi connectivity index (χ4v) is 5.02. The summed E-state index contributed by atoms with van der Waals surface area (Å²) < 4.78 is 39.1. The maximum absolute atomic E-state index is 13.1. The fraction of sp³-hybridized carbons (Fsp3) is 0.412. The van der Waals surface area contributed by atoms with Crippen LogP contribution in [0.25, 0.3) is 0 Å². The summed E-state index contributed by atoms with van der Waals surface area (Å²) in [6, 6.07) is 8.57. The predicted molar refractivity (Wildman–Crippen MR) is 88.7 cm³/mol. The lowest BCUT2D eigenvalue weighted by Crippen LogP contribution is -2.30. The van der Waals surface area contributed by atoms with Crippen LogP contribution in [0.15, 0.2) is 41.4 Å². The molecule has 2 aliphatic rings. The van der Waals surface area contributed by atoms with Gasteiger partial charge in [0.2, 0.25) is 10.0 Å². The third kappa shape index (κ3) is 2.67. The predicted octanol–water partition coefficient (Wildman–Crippen LogP) is 2.70. The zero-order chi connectivity index (χ0) is 16.6. The van der Waals surface area contributed by atoms with Crippen molar-refractivity contribution >= 4 is 10.0 Å². The number of hydrogen-bond donors (Lipinski definition) is 1. The van der Waals surface area contributed by atoms with Crippen molar-refractivity contribution in [2.45, 2.75) is 30.2 Å². The zero-order valence-corrected chi connectivity index (χ0v) is 14.1. The number of nitrogens with one attached hydrogen (secondary N) is 1. The zero-order valence-electron chi connectivity index (χ0n) is 13.3. The van der Waals surface area contributed by atoms with E-state index >= 15 is 0 Å². The molecule has 1 N–H and O–H groups in total. The Morgan fingerprint density at radius 1 is 1.08 bits per heavy atom. The average molecular weight is 348 g/mol. The maximum Gasteiger partial charge on any atom is 0.243 e. The van der Waals surface area contributed by atoms with Crippen LogP contribution >= 0.6 is 0 Å². The van der Waals surface area contributed by atoms with Gasteiger partial charge in [-0.1, -0.05) is 0 Å². The second kappa shape index (κ2) is 6.14. The molecular formula is C17H20N2O4S. The topological polar surface area (TPSA) is 71.6 Å². The molecule has 1 atom stereocenters. The summed E-state index contributed by atoms with van der Waals surface area (Å²) in [5.41, 5.74) is 0.936. The third-order valence-corrected chi connectivity index (χ3v) is 6.41. The number of benzene rings is 1. The second-order valence-corrected chi connectivity index (χ2v) is 7.95. The molecule has 0 amide bonds. The first-order valence-electron chi connectivity index (χ1n) is 8.21. The molecule has 0 spiro atoms. The molecule has 0 saturated carbocycles. The SMILES string of the molecule is O=S(=O)(c1ccc2c(c1)OCCCO2)N1CCC[C@H]1c1ccc[nH]1. The van der Waals surface area contributed by atoms with E-state index in [1.807, 2.05) is 18.3 Å². The first-order chi connectivity index (χ1) is 11.7. The molecule has 128 valence electrons. The Balaban J connectivity index is 1.68. The molecule has 0 aliphatic carbocycles. The Morgan fingerprint density at radius 3 is 2.71 bits per heavy atom. The van der Waals surface area contributed by atoms with Gasteiger partial charge >= 0.3 is 0 Å². The van der Waals surface area contributed by atoms with Gasteiger partial charge in [-0.15, -0.1) is 0 Å². The molecule has 1 aromatic carbocycles. The molecule has 1 fully saturated rings. The normalized spacial score (nSPS) is 21.6. The van der Waals surface area contributed by atoms with Crippen LogP contribution in [-0.4, -0.2) is 37.5 Å². The van der Waals surface area contributed by atoms with E-state index in [2.05, 4.69) is 4.98 Å². The van der Waals surface area contributed by atoms with Gasteiger partial charge in [-0.2, -0.15) is 4.31 Å². The molecule has 2 aliphatic heterocycles. The van der Waals surface area contributed by atoms with Crippen LogP contribution in [0.4, 0.5) is 0 Å². The standard InChI is InChI=1S/C17H20N2O4S/c20-24(21,19-9-2-5-15(19)14-4-1-8-18-14)13-6-7-16-17(12-13)23-11-3-10-22-16/h1,4,6-8,12,15,18H,2-3,5,9-11H2/t15-/m0/s1. The molecule has 0 bridgehead atoms. The number of nitrogens with zero attached hydrogens (tertiary/aromatic N) is 1. The molecule has 6 nitrogen and oxygen atoms in total. The quantitative estimate of drug-likeness (QED) is 0.926. The van der Waals surface area contributed by atoms with Crippen molar-refractivity contribution in [1.82, 2.24) is 9.29 Å². The van der Waals surface area contributed by atoms with Crippen molar-refractivity contribution in [1.29, 1.82) is 0 Å². The lowest BCUT2D eigenvalue weighted by molar-refractivity contribution is 0.296. The van der Waals surface area contributed by atoms with E-state index in [4.69, 9.17) is 9.47 Å². The van der Waals surface area contributed by atoms with Gasteiger partial charge in [0, 0.05) is 30.9 Å². The first-order valence-corrected chi connectivity index (χ1v) is 9.65. The van der Waals surface area contributed by atoms with Gasteiger partial charge in [-0.3, -0.25) is 0 Å². The summed E-state index contributed by atoms with van der Waals surface area (Å²) in [7, 11) is -3.58. The Hall–Kier alpha value is -1.99. The van der Waals surface area contributed by atoms with E-state index in [-0.39, 0.29) is 10.9 Å². The Morgan fingerprint density at radius 2 is 1.92 bits per heavy atom. The minimum absolute atomic E-state index is 0.138. The number of rotatable bonds is 3. The molecule has 0 radical (unpaired) electrons. The summed E-state index contributed by atoms with van der Waals surface area (Å²) >= 11 is 0. The van der Waals surface area contributed by atoms with Crippen molar-refractivity contribution in [2.75, 3.05) is 19.8 Å². The highest BCUT2D eigenvalue weighted by Crippen LogP contribution is 2.38. The average Bonchev–Trinajstić information content (AvgIpc) is 3.21. The maximum atomic E-state index is 13.1. The number of fused-ring (bicyclic) bond motifs is 1. The largest absolute Gasteiger partial charge is 0.490 e. The lowest BCUT2D eigenvalue weighted by atomic mass is 10.2. The summed E-state index contributed by atoms with van der Waals surface area (Å²) in [5.74, 6) is 1.11. The molecule has 1 aromatic heterocycles. The van der Waals surface area contributed by atoms with Crippen LogP contribution in [-0.2, 0) is 10.0 Å². The number of sulfonamides is 1. The molecule has 24 heavy (non-hydrogen) atoms. The van der Waals surface area contributed by atoms with Gasteiger partial charge in [0.25, 0.3) is 0 Å². The van der Waals surface area contributed by atoms with Crippen LogP contribution < -0.4 is 9.47 Å². The number of H-pyrrole nitrogens is 1. The van der Waals surface area contributed by atoms with Crippen molar-refractivity contribution in [3.63, 3.8) is 0 Å². The van der Waals surface area contributed by atoms with E-state index in [0.717, 1.165) is 25.0 Å². The van der Waals surface area contributed by atoms with Crippen LogP contribution in [0.1, 0.15) is 31.0 Å². The van der Waals surface area contributed by atoms with E-state index in [9.17, 15) is 8.42 Å². The van der Waals surface area contributed by atoms with Crippen molar-refractivity contribution < 1.29 is 17.9 Å². The molecule has 4 rings (SSSR count). The number of hydrogen-bond acceptors (Lipinski definition) is 4. The van der Waals surface area contributed by atoms with Crippen molar-refractivity contribution in [2.24, 2.45) is 0 Å². The van der Waals surface area contributed by atoms with E-state index in [0.29, 0.717) is 31.3 Å². The van der Waals surface area contributed by atoms with Crippen molar-refractivity contribution in [3.8, 4) is 11.5 Å². The number of ether oxygens (including phenoxy) is 2. The number of aromatic nitrogens is 1. The summed E-state index contributed by atoms with van der Waals surface area (Å²) in [6.45, 7) is 1.64. The molecule has 7 heteroatoms. The van der Waals surface area contributed by atoms with Gasteiger partial charge in [-0.25, -0.2) is 8.42 Å². The van der Waals surface area contributed by atoms with Crippen LogP contribution in [0, 0.1) is 0 Å². The smallest absolute Gasteiger partial charge is 0.243 e. The molecule has 2 aromatic rings. The van der Waals surface area contributed by atoms with Crippen LogP contribution in [0.2, 0.25) is 0 Å². The van der Waals surface area contributed by atoms with Gasteiger partial charge in [0.05, 0.1) is 24.2 Å². The number of aromatic amines is 1. The van der Waals surface area contributed by atoms with Crippen molar-refractivity contribution in [3.05, 3.63) is 42.2 Å². The van der Waals surface area contributed by atoms with E-state index in [1.54, 1.807) is 22.5 Å². The minimum atomic E-state index is -3.58. The Labute approximate surface area is 141 Å². The van der Waals surface area contributed by atoms with E-state index < -0.39 is 10.0 Å². The van der Waals surface area contributed by atoms with Crippen LogP contribution in [0.5, 0.6) is 11.5 Å². The monoisotopic (exact) mass is 348 g/mol. The summed E-state index contributed by atoms with van der Waals surface area (Å²) in [5, 5.41) is 0. The molecule has 1 saturated heterocycles. The second-order valence-electron chi connectivity index (χ2n) is 6.06. The van der Waals surface area contributed by atoms with E-state index in [1.165, 1.54) is 0 Å². The molecule has 0 unspecified atom stereocenters. The highest BCUT2D eigenvalue weighted by Gasteiger charge is 2.37. The van der Waals surface area contributed by atoms with Crippen LogP contribution in [0.3, 0.4) is 0 Å². The lowest BCUT2D eigenvalue weighted by Gasteiger charge is -2.23. The Kier molecular flexibility index (Phi) is 3.97. The highest BCUT2D eigenvalue weighted by atomic mass is 32.2. The minimum Gasteiger partial charge on any atom is -0.490 e. The highest BCUT2D eigenvalue weighted by molar-refractivity contribution is 7.89. The van der Waals surface area contributed by atoms with Gasteiger partial charge in [-0.05, 0) is 37.1 Å². The third-order valence-electron chi connectivity index (χ3n) is 4.51. The first kappa shape index (κ1) is 15.5. The van der Waals surface area contributed by atoms with Gasteiger partial charge in [0.15, 0.2) is 11.5 Å².